The van der Waals surface area contributed by atoms with Gasteiger partial charge in [-0.15, -0.1) is 26.3 Å². The number of hydrogen-bond donors (Lipinski definition) is 3. The number of carbonyl (C=O) groups excluding carboxylic acids is 5. The largest absolute Gasteiger partial charge is 0.466 e. The van der Waals surface area contributed by atoms with Gasteiger partial charge in [-0.1, -0.05) is 146 Å². The summed E-state index contributed by atoms with van der Waals surface area (Å²) in [4.78, 5) is 77.0. The summed E-state index contributed by atoms with van der Waals surface area (Å²) < 4.78 is 28.0. The fraction of sp³-hybridized carbons (Fsp3) is 0.764. The topological polar surface area (TPSA) is 213 Å². The molecule has 0 saturated heterocycles. The van der Waals surface area contributed by atoms with Gasteiger partial charge in [0.1, 0.15) is 25.3 Å². The lowest BCUT2D eigenvalue weighted by atomic mass is 9.70. The van der Waals surface area contributed by atoms with Crippen molar-refractivity contribution >= 4 is 63.4 Å². The summed E-state index contributed by atoms with van der Waals surface area (Å²) >= 11 is 0. The summed E-state index contributed by atoms with van der Waals surface area (Å²) in [7, 11) is -7.68. The fourth-order valence-electron chi connectivity index (χ4n) is 5.74. The maximum absolute atomic E-state index is 12.4. The second-order valence-electron chi connectivity index (χ2n) is 17.2. The summed E-state index contributed by atoms with van der Waals surface area (Å²) in [6.45, 7) is 42.1. The number of aliphatic hydroxyl groups excluding tert-OH is 1. The Labute approximate surface area is 480 Å². The second-order valence-corrected chi connectivity index (χ2v) is 34.0. The van der Waals surface area contributed by atoms with Gasteiger partial charge in [-0.25, -0.2) is 19.2 Å². The molecule has 476 valence electrons. The molecule has 1 fully saturated rings. The van der Waals surface area contributed by atoms with Crippen LogP contribution in [0.25, 0.3) is 0 Å². The minimum atomic E-state index is -2.42. The van der Waals surface area contributed by atoms with Gasteiger partial charge in [0.2, 0.25) is 25.0 Å². The maximum atomic E-state index is 12.4. The molecule has 0 bridgehead atoms. The number of amides is 2. The predicted molar refractivity (Wildman–Crippen MR) is 348 cm³/mol. The van der Waals surface area contributed by atoms with Crippen LogP contribution in [0.2, 0.25) is 52.4 Å². The quantitative estimate of drug-likeness (QED) is 0.0185. The minimum Gasteiger partial charge on any atom is -0.466 e. The van der Waals surface area contributed by atoms with E-state index in [9.17, 15) is 24.0 Å². The van der Waals surface area contributed by atoms with Crippen molar-refractivity contribution in [1.29, 1.82) is 0 Å². The molecule has 1 aliphatic rings. The first kappa shape index (κ1) is 130. The van der Waals surface area contributed by atoms with Crippen LogP contribution in [0.15, 0.2) is 50.6 Å². The minimum absolute atomic E-state index is 0. The van der Waals surface area contributed by atoms with Gasteiger partial charge in [0.15, 0.2) is 8.32 Å². The van der Waals surface area contributed by atoms with Gasteiger partial charge < -0.3 is 38.2 Å². The van der Waals surface area contributed by atoms with Gasteiger partial charge in [0.25, 0.3) is 0 Å². The van der Waals surface area contributed by atoms with Crippen LogP contribution in [-0.2, 0) is 56.4 Å². The summed E-state index contributed by atoms with van der Waals surface area (Å²) in [5.41, 5.74) is 0.534. The molecular weight excluding hydrogens is 1040 g/mol. The van der Waals surface area contributed by atoms with Crippen molar-refractivity contribution in [2.75, 3.05) is 45.2 Å². The molecule has 1 saturated carbocycles. The molecule has 0 aromatic heterocycles. The predicted octanol–water partition coefficient (Wildman–Crippen LogP) is 17.1. The number of hydrogen-bond acceptors (Lipinski definition) is 15. The lowest BCUT2D eigenvalue weighted by Crippen LogP contribution is -2.51. The standard InChI is InChI=1S/C25H46N2O10Si2.C10H22O5Si2.2C2H4.16CH4/c1-18(2)22(29)33-11-10-21(28)34-16-38(6,7)37-39(8,9)17-35-23(30)26-15-19-12-20(14-25(3,4)13-19)27-24(31)36-32-5;1-9(2)10(12)14-13-8-17(5,6)15-16(3,4)7-11;2*1-2;;;;;;;;;;;;;;;;/h19-20H,1,10-17H2,2-9H3,(H,26,30)(H,27,31);11H,1,7-8H2,2-6H3;2*1-2H2;16*1H4. The van der Waals surface area contributed by atoms with E-state index in [4.69, 9.17) is 32.4 Å². The molecule has 3 N–H and O–H groups in total. The third kappa shape index (κ3) is 68.6. The Balaban J connectivity index is -0.0000000453. The average Bonchev–Trinajstić information content (AvgIpc) is 3.12. The molecule has 0 heterocycles. The Hall–Kier alpha value is -3.42. The zero-order valence-corrected chi connectivity index (χ0v) is 42.6. The van der Waals surface area contributed by atoms with Crippen LogP contribution in [0, 0.1) is 11.3 Å². The number of rotatable bonds is 21. The highest BCUT2D eigenvalue weighted by Crippen LogP contribution is 2.38. The van der Waals surface area contributed by atoms with Crippen LogP contribution in [0.4, 0.5) is 9.59 Å². The van der Waals surface area contributed by atoms with Crippen LogP contribution < -0.4 is 10.6 Å². The van der Waals surface area contributed by atoms with Crippen molar-refractivity contribution in [3.8, 4) is 0 Å². The smallest absolute Gasteiger partial charge is 0.438 e. The molecule has 0 aromatic carbocycles. The Kier molecular flexibility index (Phi) is 109. The molecule has 1 rings (SSSR count). The highest BCUT2D eigenvalue weighted by Gasteiger charge is 2.38. The first-order valence-electron chi connectivity index (χ1n) is 19.4. The second kappa shape index (κ2) is 64.1. The van der Waals surface area contributed by atoms with E-state index in [0.717, 1.165) is 12.8 Å². The first-order valence-corrected chi connectivity index (χ1v) is 31.9. The lowest BCUT2D eigenvalue weighted by molar-refractivity contribution is -0.259. The van der Waals surface area contributed by atoms with Crippen molar-refractivity contribution in [3.05, 3.63) is 50.6 Å². The lowest BCUT2D eigenvalue weighted by Gasteiger charge is -2.40. The third-order valence-corrected chi connectivity index (χ3v) is 19.8. The summed E-state index contributed by atoms with van der Waals surface area (Å²) in [5.74, 6) is -1.46. The third-order valence-electron chi connectivity index (χ3n) is 7.67. The molecule has 21 heteroatoms. The zero-order chi connectivity index (χ0) is 47.5. The van der Waals surface area contributed by atoms with Crippen molar-refractivity contribution in [2.45, 2.75) is 231 Å². The molecule has 2 atom stereocenters. The molecule has 2 unspecified atom stereocenters. The normalized spacial score (nSPS) is 12.6. The van der Waals surface area contributed by atoms with E-state index in [-0.39, 0.29) is 185 Å². The van der Waals surface area contributed by atoms with Gasteiger partial charge >= 0.3 is 30.1 Å². The van der Waals surface area contributed by atoms with Crippen LogP contribution in [-0.4, -0.2) is 120 Å². The van der Waals surface area contributed by atoms with Crippen molar-refractivity contribution in [2.24, 2.45) is 11.3 Å². The highest BCUT2D eigenvalue weighted by atomic mass is 28.4. The Morgan fingerprint density at radius 3 is 1.36 bits per heavy atom. The van der Waals surface area contributed by atoms with E-state index >= 15 is 0 Å². The van der Waals surface area contributed by atoms with Crippen LogP contribution in [0.1, 0.15) is 172 Å². The van der Waals surface area contributed by atoms with Gasteiger partial charge in [-0.2, -0.15) is 9.78 Å². The maximum Gasteiger partial charge on any atom is 0.438 e. The van der Waals surface area contributed by atoms with E-state index in [1.54, 1.807) is 6.92 Å². The molecule has 1 aliphatic carbocycles. The van der Waals surface area contributed by atoms with Crippen LogP contribution in [0.5, 0.6) is 0 Å². The van der Waals surface area contributed by atoms with Crippen molar-refractivity contribution in [3.63, 3.8) is 0 Å². The zero-order valence-electron chi connectivity index (χ0n) is 38.6. The summed E-state index contributed by atoms with van der Waals surface area (Å²) in [6, 6.07) is -0.0911. The number of alkyl carbamates (subject to hydrolysis) is 1. The Morgan fingerprint density at radius 1 is 0.566 bits per heavy atom. The number of aliphatic hydroxyl groups is 1. The van der Waals surface area contributed by atoms with Gasteiger partial charge in [-0.05, 0) is 96.8 Å². The van der Waals surface area contributed by atoms with Gasteiger partial charge in [0, 0.05) is 23.7 Å². The van der Waals surface area contributed by atoms with Gasteiger partial charge in [0.05, 0.1) is 19.8 Å². The summed E-state index contributed by atoms with van der Waals surface area (Å²) in [5, 5.41) is 14.8. The van der Waals surface area contributed by atoms with Crippen LogP contribution >= 0.6 is 0 Å². The molecule has 2 amide bonds. The van der Waals surface area contributed by atoms with E-state index in [2.05, 4.69) is 78.6 Å². The number of esters is 2. The van der Waals surface area contributed by atoms with Crippen LogP contribution in [0.3, 0.4) is 0 Å². The molecule has 0 spiro atoms. The van der Waals surface area contributed by atoms with Gasteiger partial charge in [-0.3, -0.25) is 14.6 Å². The van der Waals surface area contributed by atoms with Crippen molar-refractivity contribution in [1.82, 2.24) is 10.6 Å². The Bertz CT molecular complexity index is 1380. The monoisotopic (exact) mass is 1180 g/mol. The van der Waals surface area contributed by atoms with E-state index in [1.165, 1.54) is 14.0 Å². The SMILES string of the molecule is C.C.C.C.C.C.C.C.C.C.C.C.C.C.C.C.C=C.C=C.C=C(C)C(=O)OCCC(=O)OC[Si](C)(C)O[Si](C)(C)COC(=O)NCC1CC(NC(=O)OOC)CC(C)(C)C1.C=C(C)C(=O)OOC[Si](C)(C)O[Si](C)(C)CO. The Morgan fingerprint density at radius 2 is 0.961 bits per heavy atom. The van der Waals surface area contributed by atoms with E-state index < -0.39 is 63.4 Å². The molecule has 0 radical (unpaired) electrons. The first-order chi connectivity index (χ1) is 27.5. The van der Waals surface area contributed by atoms with E-state index in [1.807, 2.05) is 52.4 Å². The fourth-order valence-corrected chi connectivity index (χ4v) is 20.0. The number of nitrogens with one attached hydrogen (secondary N) is 2. The van der Waals surface area contributed by atoms with E-state index in [0.29, 0.717) is 13.0 Å². The number of carbonyl (C=O) groups is 5. The number of ether oxygens (including phenoxy) is 3. The molecule has 17 nitrogen and oxygen atoms in total. The molecule has 0 aliphatic heterocycles. The molecule has 76 heavy (non-hydrogen) atoms. The van der Waals surface area contributed by atoms with Crippen molar-refractivity contribution < 1.29 is 71.1 Å². The summed E-state index contributed by atoms with van der Waals surface area (Å²) in [6.07, 6.45) is 1.74. The molecule has 0 aromatic rings. The molecular formula is C55H140N2O15Si4. The average molecular weight is 1180 g/mol. The highest BCUT2D eigenvalue weighted by molar-refractivity contribution is 6.85.